The third-order valence-corrected chi connectivity index (χ3v) is 4.72. The van der Waals surface area contributed by atoms with E-state index in [0.29, 0.717) is 18.8 Å². The summed E-state index contributed by atoms with van der Waals surface area (Å²) in [6.45, 7) is 1.88. The van der Waals surface area contributed by atoms with Crippen LogP contribution in [-0.4, -0.2) is 52.9 Å². The van der Waals surface area contributed by atoms with Crippen molar-refractivity contribution in [3.05, 3.63) is 41.7 Å². The van der Waals surface area contributed by atoms with E-state index in [1.54, 1.807) is 28.8 Å². The van der Waals surface area contributed by atoms with Crippen LogP contribution in [0.5, 0.6) is 11.5 Å². The number of aryl methyl sites for hydroxylation is 1. The highest BCUT2D eigenvalue weighted by atomic mass is 35.5. The minimum absolute atomic E-state index is 0. The van der Waals surface area contributed by atoms with Crippen molar-refractivity contribution < 1.29 is 14.6 Å². The van der Waals surface area contributed by atoms with Gasteiger partial charge >= 0.3 is 0 Å². The normalized spacial score (nSPS) is 19.0. The molecule has 2 aromatic rings. The maximum Gasteiger partial charge on any atom is 0.227 e. The Morgan fingerprint density at radius 3 is 2.85 bits per heavy atom. The number of halogens is 1. The maximum absolute atomic E-state index is 12.9. The summed E-state index contributed by atoms with van der Waals surface area (Å²) in [5.41, 5.74) is 1.94. The molecule has 8 heteroatoms. The summed E-state index contributed by atoms with van der Waals surface area (Å²) in [6, 6.07) is 5.19. The summed E-state index contributed by atoms with van der Waals surface area (Å²) < 4.78 is 6.81. The molecule has 1 aromatic carbocycles. The molecule has 142 valence electrons. The van der Waals surface area contributed by atoms with Gasteiger partial charge in [-0.25, -0.2) is 0 Å². The van der Waals surface area contributed by atoms with Gasteiger partial charge in [0.2, 0.25) is 5.91 Å². The van der Waals surface area contributed by atoms with Crippen LogP contribution in [0.3, 0.4) is 0 Å². The number of phenols is 1. The van der Waals surface area contributed by atoms with E-state index in [9.17, 15) is 9.90 Å². The van der Waals surface area contributed by atoms with Crippen molar-refractivity contribution in [1.82, 2.24) is 20.0 Å². The fraction of sp³-hybridized carbons (Fsp3) is 0.444. The molecule has 1 saturated heterocycles. The van der Waals surface area contributed by atoms with Gasteiger partial charge in [0.05, 0.1) is 19.2 Å². The van der Waals surface area contributed by atoms with Crippen molar-refractivity contribution >= 4 is 18.3 Å². The second-order valence-corrected chi connectivity index (χ2v) is 6.52. The van der Waals surface area contributed by atoms with Crippen LogP contribution in [-0.2, 0) is 18.4 Å². The lowest BCUT2D eigenvalue weighted by Gasteiger charge is -2.24. The van der Waals surface area contributed by atoms with E-state index >= 15 is 0 Å². The van der Waals surface area contributed by atoms with E-state index in [1.807, 2.05) is 25.5 Å². The molecule has 1 fully saturated rings. The molecule has 3 rings (SSSR count). The molecule has 0 radical (unpaired) electrons. The second-order valence-electron chi connectivity index (χ2n) is 6.52. The summed E-state index contributed by atoms with van der Waals surface area (Å²) in [6.07, 6.45) is 3.80. The first-order valence-corrected chi connectivity index (χ1v) is 8.29. The first-order valence-electron chi connectivity index (χ1n) is 8.29. The first-order chi connectivity index (χ1) is 12.0. The van der Waals surface area contributed by atoms with Crippen molar-refractivity contribution in [3.8, 4) is 11.5 Å². The lowest BCUT2D eigenvalue weighted by Crippen LogP contribution is -2.35. The summed E-state index contributed by atoms with van der Waals surface area (Å²) in [5, 5.41) is 17.4. The molecule has 0 saturated carbocycles. The standard InChI is InChI=1S/C18H24N4O3.ClH/c1-21(10-12-4-5-17(25-3)16(23)6-12)18(24)15-9-19-8-14(15)13-7-20-22(2)11-13;/h4-7,11,14-15,19,23H,8-10H2,1-3H3;1H/t14-,15+;/m1./s1. The Labute approximate surface area is 159 Å². The van der Waals surface area contributed by atoms with Crippen molar-refractivity contribution in [2.75, 3.05) is 27.2 Å². The largest absolute Gasteiger partial charge is 0.504 e. The molecule has 0 spiro atoms. The Balaban J connectivity index is 0.00000243. The number of ether oxygens (including phenoxy) is 1. The van der Waals surface area contributed by atoms with E-state index < -0.39 is 0 Å². The van der Waals surface area contributed by atoms with Gasteiger partial charge in [0.1, 0.15) is 0 Å². The summed E-state index contributed by atoms with van der Waals surface area (Å²) in [4.78, 5) is 14.6. The smallest absolute Gasteiger partial charge is 0.227 e. The Morgan fingerprint density at radius 1 is 1.46 bits per heavy atom. The summed E-state index contributed by atoms with van der Waals surface area (Å²) >= 11 is 0. The Hall–Kier alpha value is -2.25. The zero-order valence-electron chi connectivity index (χ0n) is 15.2. The number of nitrogens with zero attached hydrogens (tertiary/aromatic N) is 3. The van der Waals surface area contributed by atoms with Crippen LogP contribution < -0.4 is 10.1 Å². The van der Waals surface area contributed by atoms with E-state index in [0.717, 1.165) is 17.7 Å². The van der Waals surface area contributed by atoms with Crippen LogP contribution in [0.4, 0.5) is 0 Å². The van der Waals surface area contributed by atoms with Crippen molar-refractivity contribution in [1.29, 1.82) is 0 Å². The molecule has 1 aliphatic rings. The molecular formula is C18H25ClN4O3. The van der Waals surface area contributed by atoms with Crippen molar-refractivity contribution in [2.45, 2.75) is 12.5 Å². The number of hydrogen-bond acceptors (Lipinski definition) is 5. The van der Waals surface area contributed by atoms with Crippen LogP contribution >= 0.6 is 12.4 Å². The van der Waals surface area contributed by atoms with Gasteiger partial charge in [-0.2, -0.15) is 5.10 Å². The van der Waals surface area contributed by atoms with Crippen LogP contribution in [0.15, 0.2) is 30.6 Å². The highest BCUT2D eigenvalue weighted by Crippen LogP contribution is 2.30. The van der Waals surface area contributed by atoms with Crippen LogP contribution in [0.25, 0.3) is 0 Å². The third kappa shape index (κ3) is 4.11. The second kappa shape index (κ2) is 8.42. The molecule has 7 nitrogen and oxygen atoms in total. The maximum atomic E-state index is 12.9. The summed E-state index contributed by atoms with van der Waals surface area (Å²) in [7, 11) is 5.18. The van der Waals surface area contributed by atoms with Crippen molar-refractivity contribution in [2.24, 2.45) is 13.0 Å². The number of amides is 1. The van der Waals surface area contributed by atoms with Gasteiger partial charge in [0.25, 0.3) is 0 Å². The number of aromatic hydroxyl groups is 1. The topological polar surface area (TPSA) is 79.6 Å². The molecule has 0 aliphatic carbocycles. The molecule has 2 heterocycles. The average Bonchev–Trinajstić information content (AvgIpc) is 3.22. The van der Waals surface area contributed by atoms with E-state index in [4.69, 9.17) is 4.74 Å². The summed E-state index contributed by atoms with van der Waals surface area (Å²) in [5.74, 6) is 0.620. The minimum Gasteiger partial charge on any atom is -0.504 e. The van der Waals surface area contributed by atoms with Gasteiger partial charge < -0.3 is 20.1 Å². The number of benzene rings is 1. The Bertz CT molecular complexity index is 765. The number of rotatable bonds is 5. The van der Waals surface area contributed by atoms with E-state index in [1.165, 1.54) is 7.11 Å². The predicted octanol–water partition coefficient (Wildman–Crippen LogP) is 1.52. The molecular weight excluding hydrogens is 356 g/mol. The van der Waals surface area contributed by atoms with E-state index in [-0.39, 0.29) is 35.9 Å². The number of aromatic nitrogens is 2. The number of carbonyl (C=O) groups excluding carboxylic acids is 1. The number of carbonyl (C=O) groups is 1. The number of hydrogen-bond donors (Lipinski definition) is 2. The molecule has 0 bridgehead atoms. The first kappa shape index (κ1) is 20.1. The highest BCUT2D eigenvalue weighted by molar-refractivity contribution is 5.85. The monoisotopic (exact) mass is 380 g/mol. The molecule has 1 amide bonds. The van der Waals surface area contributed by atoms with Crippen LogP contribution in [0.1, 0.15) is 17.0 Å². The Morgan fingerprint density at radius 2 is 2.23 bits per heavy atom. The van der Waals surface area contributed by atoms with Gasteiger partial charge in [0.15, 0.2) is 11.5 Å². The van der Waals surface area contributed by atoms with Gasteiger partial charge in [0, 0.05) is 45.8 Å². The molecule has 2 N–H and O–H groups in total. The predicted molar refractivity (Wildman–Crippen MR) is 101 cm³/mol. The number of methoxy groups -OCH3 is 1. The van der Waals surface area contributed by atoms with Gasteiger partial charge in [-0.15, -0.1) is 12.4 Å². The SMILES string of the molecule is COc1ccc(CN(C)C(=O)[C@H]2CNC[C@@H]2c2cnn(C)c2)cc1O.Cl. The zero-order valence-corrected chi connectivity index (χ0v) is 16.0. The number of nitrogens with one attached hydrogen (secondary N) is 1. The zero-order chi connectivity index (χ0) is 18.0. The molecule has 1 aromatic heterocycles. The molecule has 1 aliphatic heterocycles. The fourth-order valence-corrected chi connectivity index (χ4v) is 3.39. The lowest BCUT2D eigenvalue weighted by molar-refractivity contribution is -0.134. The fourth-order valence-electron chi connectivity index (χ4n) is 3.39. The van der Waals surface area contributed by atoms with Crippen LogP contribution in [0, 0.1) is 5.92 Å². The van der Waals surface area contributed by atoms with E-state index in [2.05, 4.69) is 10.4 Å². The van der Waals surface area contributed by atoms with Gasteiger partial charge in [-0.1, -0.05) is 6.07 Å². The van der Waals surface area contributed by atoms with Crippen LogP contribution in [0.2, 0.25) is 0 Å². The minimum atomic E-state index is -0.110. The Kier molecular flexibility index (Phi) is 6.50. The quantitative estimate of drug-likeness (QED) is 0.822. The average molecular weight is 381 g/mol. The van der Waals surface area contributed by atoms with Gasteiger partial charge in [-0.05, 0) is 23.3 Å². The lowest BCUT2D eigenvalue weighted by atomic mass is 9.90. The highest BCUT2D eigenvalue weighted by Gasteiger charge is 2.36. The van der Waals surface area contributed by atoms with Gasteiger partial charge in [-0.3, -0.25) is 9.48 Å². The molecule has 26 heavy (non-hydrogen) atoms. The number of phenolic OH excluding ortho intramolecular Hbond substituents is 1. The third-order valence-electron chi connectivity index (χ3n) is 4.72. The van der Waals surface area contributed by atoms with Crippen molar-refractivity contribution in [3.63, 3.8) is 0 Å². The molecule has 0 unspecified atom stereocenters. The molecule has 2 atom stereocenters.